The van der Waals surface area contributed by atoms with Crippen molar-refractivity contribution in [1.82, 2.24) is 10.2 Å². The molecular weight excluding hydrogens is 325 g/mol. The summed E-state index contributed by atoms with van der Waals surface area (Å²) in [6, 6.07) is -0.218. The number of carbonyl (C=O) groups excluding carboxylic acids is 1. The summed E-state index contributed by atoms with van der Waals surface area (Å²) in [5, 5.41) is 3.11. The molecule has 3 N–H and O–H groups in total. The van der Waals surface area contributed by atoms with Gasteiger partial charge in [-0.05, 0) is 33.4 Å². The maximum Gasteiger partial charge on any atom is 0.430 e. The van der Waals surface area contributed by atoms with E-state index in [0.29, 0.717) is 19.2 Å². The van der Waals surface area contributed by atoms with Crippen molar-refractivity contribution >= 4 is 12.3 Å². The summed E-state index contributed by atoms with van der Waals surface area (Å²) in [6.07, 6.45) is -3.32. The van der Waals surface area contributed by atoms with Gasteiger partial charge < -0.3 is 20.7 Å². The van der Waals surface area contributed by atoms with Gasteiger partial charge in [-0.3, -0.25) is 4.99 Å². The molecule has 9 heteroatoms. The van der Waals surface area contributed by atoms with E-state index in [1.54, 1.807) is 27.8 Å². The number of hydrogen-bond acceptors (Lipinski definition) is 5. The molecule has 0 aromatic heterocycles. The molecule has 0 aromatic carbocycles. The summed E-state index contributed by atoms with van der Waals surface area (Å²) in [7, 11) is 1.59. The molecule has 0 aliphatic heterocycles. The van der Waals surface area contributed by atoms with Crippen molar-refractivity contribution in [1.29, 1.82) is 0 Å². The second-order valence-corrected chi connectivity index (χ2v) is 6.25. The molecule has 0 aliphatic carbocycles. The van der Waals surface area contributed by atoms with Gasteiger partial charge in [0.15, 0.2) is 0 Å². The zero-order valence-electron chi connectivity index (χ0n) is 14.8. The smallest absolute Gasteiger partial charge is 0.430 e. The highest BCUT2D eigenvalue weighted by atomic mass is 19.4. The van der Waals surface area contributed by atoms with E-state index in [4.69, 9.17) is 10.5 Å². The van der Waals surface area contributed by atoms with Crippen LogP contribution >= 0.6 is 0 Å². The van der Waals surface area contributed by atoms with Crippen LogP contribution in [0.15, 0.2) is 16.8 Å². The summed E-state index contributed by atoms with van der Waals surface area (Å²) in [5.74, 6) is 0. The van der Waals surface area contributed by atoms with E-state index in [1.165, 1.54) is 4.90 Å². The van der Waals surface area contributed by atoms with Crippen LogP contribution in [0.5, 0.6) is 0 Å². The summed E-state index contributed by atoms with van der Waals surface area (Å²) in [4.78, 5) is 17.2. The molecule has 0 spiro atoms. The lowest BCUT2D eigenvalue weighted by Crippen LogP contribution is -2.45. The Hall–Kier alpha value is -1.77. The van der Waals surface area contributed by atoms with Gasteiger partial charge in [0.1, 0.15) is 11.3 Å². The van der Waals surface area contributed by atoms with E-state index in [1.807, 2.05) is 6.92 Å². The fraction of sp³-hybridized carbons (Fsp3) is 0.733. The van der Waals surface area contributed by atoms with Gasteiger partial charge in [0.25, 0.3) is 0 Å². The molecule has 0 unspecified atom stereocenters. The van der Waals surface area contributed by atoms with Gasteiger partial charge in [0, 0.05) is 25.8 Å². The molecule has 24 heavy (non-hydrogen) atoms. The van der Waals surface area contributed by atoms with E-state index in [0.717, 1.165) is 6.21 Å². The van der Waals surface area contributed by atoms with E-state index >= 15 is 0 Å². The van der Waals surface area contributed by atoms with Crippen LogP contribution in [0.4, 0.5) is 18.0 Å². The normalized spacial score (nSPS) is 14.8. The number of amides is 1. The summed E-state index contributed by atoms with van der Waals surface area (Å²) in [5.41, 5.74) is 3.05. The first-order chi connectivity index (χ1) is 10.9. The minimum atomic E-state index is -4.57. The highest BCUT2D eigenvalue weighted by molar-refractivity contribution is 5.72. The average molecular weight is 352 g/mol. The predicted molar refractivity (Wildman–Crippen MR) is 88.0 cm³/mol. The quantitative estimate of drug-likeness (QED) is 0.689. The van der Waals surface area contributed by atoms with Crippen molar-refractivity contribution in [2.45, 2.75) is 45.5 Å². The topological polar surface area (TPSA) is 80.0 Å². The molecule has 140 valence electrons. The number of allylic oxidation sites excluding steroid dienone is 2. The lowest BCUT2D eigenvalue weighted by molar-refractivity contribution is -0.0925. The molecule has 1 amide bonds. The van der Waals surface area contributed by atoms with E-state index in [9.17, 15) is 18.0 Å². The average Bonchev–Trinajstić information content (AvgIpc) is 2.40. The molecule has 0 radical (unpaired) electrons. The van der Waals surface area contributed by atoms with Crippen LogP contribution in [0, 0.1) is 0 Å². The molecule has 1 atom stereocenters. The van der Waals surface area contributed by atoms with Crippen molar-refractivity contribution in [3.8, 4) is 0 Å². The van der Waals surface area contributed by atoms with E-state index in [-0.39, 0.29) is 12.6 Å². The predicted octanol–water partition coefficient (Wildman–Crippen LogP) is 2.31. The highest BCUT2D eigenvalue weighted by Gasteiger charge is 2.30. The van der Waals surface area contributed by atoms with Gasteiger partial charge >= 0.3 is 12.3 Å². The Morgan fingerprint density at radius 1 is 1.38 bits per heavy atom. The minimum Gasteiger partial charge on any atom is -0.444 e. The van der Waals surface area contributed by atoms with Crippen LogP contribution in [-0.2, 0) is 4.74 Å². The van der Waals surface area contributed by atoms with E-state index in [2.05, 4.69) is 10.3 Å². The molecule has 0 saturated heterocycles. The van der Waals surface area contributed by atoms with Crippen LogP contribution in [0.2, 0.25) is 0 Å². The third-order valence-corrected chi connectivity index (χ3v) is 2.70. The van der Waals surface area contributed by atoms with Crippen molar-refractivity contribution < 1.29 is 22.7 Å². The number of likely N-dealkylation sites (N-methyl/N-ethyl adjacent to an activating group) is 2. The number of nitrogens with two attached hydrogens (primary N) is 1. The third kappa shape index (κ3) is 10.1. The standard InChI is InChI=1S/C15H27F3N4O2/c1-6-21-11(9-20-8-7-12(19)15(16,17)18)10-22(5)13(23)24-14(2,3)4/h7-8,11,21H,6,9-10,19H2,1-5H3/t11-/m1/s1. The maximum atomic E-state index is 12.2. The van der Waals surface area contributed by atoms with Crippen LogP contribution in [-0.4, -0.2) is 61.7 Å². The second-order valence-electron chi connectivity index (χ2n) is 6.25. The Balaban J connectivity index is 4.63. The lowest BCUT2D eigenvalue weighted by Gasteiger charge is -2.27. The number of nitrogens with zero attached hydrogens (tertiary/aromatic N) is 2. The monoisotopic (exact) mass is 352 g/mol. The molecule has 0 saturated carbocycles. The number of nitrogens with one attached hydrogen (secondary N) is 1. The molecule has 0 fully saturated rings. The van der Waals surface area contributed by atoms with Gasteiger partial charge in [0.05, 0.1) is 6.54 Å². The molecular formula is C15H27F3N4O2. The van der Waals surface area contributed by atoms with Gasteiger partial charge in [0.2, 0.25) is 0 Å². The van der Waals surface area contributed by atoms with Crippen molar-refractivity contribution in [3.63, 3.8) is 0 Å². The Bertz CT molecular complexity index is 457. The Morgan fingerprint density at radius 2 is 1.96 bits per heavy atom. The Morgan fingerprint density at radius 3 is 2.42 bits per heavy atom. The minimum absolute atomic E-state index is 0.197. The summed E-state index contributed by atoms with van der Waals surface area (Å²) >= 11 is 0. The van der Waals surface area contributed by atoms with Gasteiger partial charge in [-0.1, -0.05) is 6.92 Å². The zero-order chi connectivity index (χ0) is 19.0. The molecule has 6 nitrogen and oxygen atoms in total. The fourth-order valence-electron chi connectivity index (χ4n) is 1.64. The maximum absolute atomic E-state index is 12.2. The van der Waals surface area contributed by atoms with Crippen LogP contribution < -0.4 is 11.1 Å². The summed E-state index contributed by atoms with van der Waals surface area (Å²) < 4.78 is 41.9. The molecule has 0 aromatic rings. The first kappa shape index (κ1) is 22.2. The van der Waals surface area contributed by atoms with Crippen LogP contribution in [0.25, 0.3) is 0 Å². The largest absolute Gasteiger partial charge is 0.444 e. The van der Waals surface area contributed by atoms with Gasteiger partial charge in [-0.2, -0.15) is 13.2 Å². The van der Waals surface area contributed by atoms with Crippen molar-refractivity contribution in [3.05, 3.63) is 11.8 Å². The third-order valence-electron chi connectivity index (χ3n) is 2.70. The van der Waals surface area contributed by atoms with Crippen molar-refractivity contribution in [2.24, 2.45) is 10.7 Å². The number of ether oxygens (including phenoxy) is 1. The number of hydrogen-bond donors (Lipinski definition) is 2. The number of alkyl halides is 3. The number of aliphatic imine (C=N–C) groups is 1. The number of carbonyl (C=O) groups is 1. The number of rotatable bonds is 7. The second kappa shape index (κ2) is 9.51. The molecule has 0 heterocycles. The van der Waals surface area contributed by atoms with Gasteiger partial charge in [-0.15, -0.1) is 0 Å². The van der Waals surface area contributed by atoms with Crippen LogP contribution in [0.3, 0.4) is 0 Å². The molecule has 0 aliphatic rings. The first-order valence-electron chi connectivity index (χ1n) is 7.57. The highest BCUT2D eigenvalue weighted by Crippen LogP contribution is 2.20. The van der Waals surface area contributed by atoms with Crippen molar-refractivity contribution in [2.75, 3.05) is 26.7 Å². The van der Waals surface area contributed by atoms with Crippen LogP contribution in [0.1, 0.15) is 27.7 Å². The first-order valence-corrected chi connectivity index (χ1v) is 7.57. The molecule has 0 bridgehead atoms. The van der Waals surface area contributed by atoms with E-state index < -0.39 is 23.6 Å². The lowest BCUT2D eigenvalue weighted by atomic mass is 10.2. The zero-order valence-corrected chi connectivity index (χ0v) is 14.8. The molecule has 0 rings (SSSR count). The summed E-state index contributed by atoms with van der Waals surface area (Å²) in [6.45, 7) is 8.31. The fourth-order valence-corrected chi connectivity index (χ4v) is 1.64. The van der Waals surface area contributed by atoms with Gasteiger partial charge in [-0.25, -0.2) is 4.79 Å². The SMILES string of the molecule is CCN[C@H](CN=CC=C(N)C(F)(F)F)CN(C)C(=O)OC(C)(C)C. The number of halogens is 3. The Kier molecular flexibility index (Phi) is 8.81. The Labute approximate surface area is 140 Å².